The zero-order chi connectivity index (χ0) is 15.2. The van der Waals surface area contributed by atoms with Crippen LogP contribution in [0.2, 0.25) is 10.0 Å². The van der Waals surface area contributed by atoms with Crippen molar-refractivity contribution in [2.75, 3.05) is 11.9 Å². The molecule has 0 bridgehead atoms. The summed E-state index contributed by atoms with van der Waals surface area (Å²) in [6.07, 6.45) is 3.52. The average Bonchev–Trinajstić information content (AvgIpc) is 2.49. The first-order chi connectivity index (χ1) is 10.2. The van der Waals surface area contributed by atoms with Gasteiger partial charge < -0.3 is 5.32 Å². The van der Waals surface area contributed by atoms with Crippen molar-refractivity contribution in [2.24, 2.45) is 0 Å². The number of hydrogen-bond donors (Lipinski definition) is 1. The molecule has 3 nitrogen and oxygen atoms in total. The van der Waals surface area contributed by atoms with Gasteiger partial charge in [-0.05, 0) is 31.0 Å². The molecule has 0 aliphatic carbocycles. The van der Waals surface area contributed by atoms with E-state index in [2.05, 4.69) is 29.1 Å². The van der Waals surface area contributed by atoms with E-state index in [0.717, 1.165) is 40.7 Å². The Kier molecular flexibility index (Phi) is 6.15. The van der Waals surface area contributed by atoms with E-state index in [1.807, 2.05) is 12.1 Å². The van der Waals surface area contributed by atoms with E-state index in [1.54, 1.807) is 24.2 Å². The maximum absolute atomic E-state index is 6.06. The topological polar surface area (TPSA) is 37.8 Å². The number of nitrogens with one attached hydrogen (secondary N) is 1. The summed E-state index contributed by atoms with van der Waals surface area (Å²) in [5, 5.41) is 5.41. The minimum atomic E-state index is 0.554. The van der Waals surface area contributed by atoms with Crippen LogP contribution in [0.1, 0.15) is 25.8 Å². The molecule has 0 radical (unpaired) electrons. The number of aromatic nitrogens is 2. The predicted octanol–water partition coefficient (Wildman–Crippen LogP) is 5.32. The molecule has 2 rings (SSSR count). The van der Waals surface area contributed by atoms with E-state index in [-0.39, 0.29) is 0 Å². The molecule has 0 saturated heterocycles. The van der Waals surface area contributed by atoms with Gasteiger partial charge in [-0.1, -0.05) is 48.8 Å². The van der Waals surface area contributed by atoms with Gasteiger partial charge in [0.05, 0.1) is 10.0 Å². The van der Waals surface area contributed by atoms with E-state index in [4.69, 9.17) is 23.2 Å². The molecule has 21 heavy (non-hydrogen) atoms. The monoisotopic (exact) mass is 341 g/mol. The number of nitrogens with zero attached hydrogens (tertiary/aromatic N) is 2. The maximum Gasteiger partial charge on any atom is 0.133 e. The molecule has 0 aliphatic heterocycles. The molecule has 2 aromatic rings. The van der Waals surface area contributed by atoms with Gasteiger partial charge in [-0.2, -0.15) is 0 Å². The Morgan fingerprint density at radius 2 is 1.95 bits per heavy atom. The standard InChI is InChI=1S/C15H17Cl2N3S/c1-3-7-18-14-11(4-2)15(20-9-19-14)21-10-5-6-12(16)13(17)8-10/h5-6,8-9H,3-4,7H2,1-2H3,(H,18,19,20). The van der Waals surface area contributed by atoms with Gasteiger partial charge in [0.2, 0.25) is 0 Å². The second-order valence-corrected chi connectivity index (χ2v) is 6.34. The van der Waals surface area contributed by atoms with Crippen LogP contribution >= 0.6 is 35.0 Å². The van der Waals surface area contributed by atoms with E-state index >= 15 is 0 Å². The highest BCUT2D eigenvalue weighted by molar-refractivity contribution is 7.99. The smallest absolute Gasteiger partial charge is 0.133 e. The number of hydrogen-bond acceptors (Lipinski definition) is 4. The minimum absolute atomic E-state index is 0.554. The molecule has 0 fully saturated rings. The lowest BCUT2D eigenvalue weighted by molar-refractivity contribution is 0.911. The molecule has 1 aromatic carbocycles. The van der Waals surface area contributed by atoms with Gasteiger partial charge in [-0.3, -0.25) is 0 Å². The van der Waals surface area contributed by atoms with Gasteiger partial charge in [-0.15, -0.1) is 0 Å². The molecular weight excluding hydrogens is 325 g/mol. The van der Waals surface area contributed by atoms with Gasteiger partial charge in [0.15, 0.2) is 0 Å². The highest BCUT2D eigenvalue weighted by Gasteiger charge is 2.11. The third-order valence-corrected chi connectivity index (χ3v) is 4.68. The van der Waals surface area contributed by atoms with Gasteiger partial charge in [-0.25, -0.2) is 9.97 Å². The molecule has 112 valence electrons. The van der Waals surface area contributed by atoms with E-state index < -0.39 is 0 Å². The van der Waals surface area contributed by atoms with Crippen molar-refractivity contribution in [1.82, 2.24) is 9.97 Å². The molecule has 6 heteroatoms. The second-order valence-electron chi connectivity index (χ2n) is 4.46. The first-order valence-electron chi connectivity index (χ1n) is 6.86. The maximum atomic E-state index is 6.06. The number of anilines is 1. The Morgan fingerprint density at radius 3 is 2.62 bits per heavy atom. The Balaban J connectivity index is 2.28. The molecule has 1 aromatic heterocycles. The van der Waals surface area contributed by atoms with E-state index in [1.165, 1.54) is 0 Å². The quantitative estimate of drug-likeness (QED) is 0.721. The molecular formula is C15H17Cl2N3S. The lowest BCUT2D eigenvalue weighted by atomic mass is 10.2. The molecule has 1 heterocycles. The number of rotatable bonds is 6. The predicted molar refractivity (Wildman–Crippen MR) is 90.8 cm³/mol. The zero-order valence-corrected chi connectivity index (χ0v) is 14.3. The van der Waals surface area contributed by atoms with Crippen LogP contribution in [-0.2, 0) is 6.42 Å². The molecule has 0 aliphatic rings. The molecule has 1 N–H and O–H groups in total. The number of benzene rings is 1. The largest absolute Gasteiger partial charge is 0.370 e. The summed E-state index contributed by atoms with van der Waals surface area (Å²) in [6.45, 7) is 5.14. The highest BCUT2D eigenvalue weighted by atomic mass is 35.5. The Labute approximate surface area is 139 Å². The first kappa shape index (κ1) is 16.4. The van der Waals surface area contributed by atoms with Gasteiger partial charge in [0, 0.05) is 17.0 Å². The van der Waals surface area contributed by atoms with Crippen molar-refractivity contribution in [3.63, 3.8) is 0 Å². The van der Waals surface area contributed by atoms with Gasteiger partial charge in [0.25, 0.3) is 0 Å². The third kappa shape index (κ3) is 4.25. The van der Waals surface area contributed by atoms with Crippen molar-refractivity contribution in [3.8, 4) is 0 Å². The summed E-state index contributed by atoms with van der Waals surface area (Å²) in [4.78, 5) is 9.75. The minimum Gasteiger partial charge on any atom is -0.370 e. The van der Waals surface area contributed by atoms with E-state index in [0.29, 0.717) is 10.0 Å². The Bertz CT molecular complexity index is 620. The van der Waals surface area contributed by atoms with Crippen LogP contribution in [0.25, 0.3) is 0 Å². The SMILES string of the molecule is CCCNc1ncnc(Sc2ccc(Cl)c(Cl)c2)c1CC. The second kappa shape index (κ2) is 7.87. The van der Waals surface area contributed by atoms with Crippen LogP contribution in [0, 0.1) is 0 Å². The van der Waals surface area contributed by atoms with Crippen molar-refractivity contribution in [2.45, 2.75) is 36.6 Å². The normalized spacial score (nSPS) is 10.7. The lowest BCUT2D eigenvalue weighted by Gasteiger charge is -2.12. The van der Waals surface area contributed by atoms with E-state index in [9.17, 15) is 0 Å². The Morgan fingerprint density at radius 1 is 1.14 bits per heavy atom. The molecule has 0 amide bonds. The fourth-order valence-corrected chi connectivity index (χ4v) is 3.21. The van der Waals surface area contributed by atoms with Crippen LogP contribution in [0.3, 0.4) is 0 Å². The summed E-state index contributed by atoms with van der Waals surface area (Å²) in [5.41, 5.74) is 1.13. The van der Waals surface area contributed by atoms with Gasteiger partial charge in [0.1, 0.15) is 17.2 Å². The van der Waals surface area contributed by atoms with Crippen molar-refractivity contribution < 1.29 is 0 Å². The Hall–Kier alpha value is -0.970. The van der Waals surface area contributed by atoms with Crippen LogP contribution in [0.4, 0.5) is 5.82 Å². The molecule has 0 spiro atoms. The van der Waals surface area contributed by atoms with Crippen LogP contribution in [0.15, 0.2) is 34.4 Å². The summed E-state index contributed by atoms with van der Waals surface area (Å²) in [6, 6.07) is 5.60. The zero-order valence-electron chi connectivity index (χ0n) is 12.0. The number of halogens is 2. The lowest BCUT2D eigenvalue weighted by Crippen LogP contribution is -2.06. The van der Waals surface area contributed by atoms with Gasteiger partial charge >= 0.3 is 0 Å². The van der Waals surface area contributed by atoms with Crippen molar-refractivity contribution >= 4 is 40.8 Å². The molecule has 0 unspecified atom stereocenters. The van der Waals surface area contributed by atoms with Crippen LogP contribution < -0.4 is 5.32 Å². The van der Waals surface area contributed by atoms with Crippen LogP contribution in [0.5, 0.6) is 0 Å². The summed E-state index contributed by atoms with van der Waals surface area (Å²) in [5.74, 6) is 0.914. The summed E-state index contributed by atoms with van der Waals surface area (Å²) < 4.78 is 0. The summed E-state index contributed by atoms with van der Waals surface area (Å²) in [7, 11) is 0. The fraction of sp³-hybridized carbons (Fsp3) is 0.333. The fourth-order valence-electron chi connectivity index (χ4n) is 1.85. The van der Waals surface area contributed by atoms with Crippen molar-refractivity contribution in [1.29, 1.82) is 0 Å². The van der Waals surface area contributed by atoms with Crippen molar-refractivity contribution in [3.05, 3.63) is 40.1 Å². The van der Waals surface area contributed by atoms with Crippen LogP contribution in [-0.4, -0.2) is 16.5 Å². The molecule has 0 saturated carbocycles. The first-order valence-corrected chi connectivity index (χ1v) is 8.43. The average molecular weight is 342 g/mol. The summed E-state index contributed by atoms with van der Waals surface area (Å²) >= 11 is 13.6. The third-order valence-electron chi connectivity index (χ3n) is 2.91. The highest BCUT2D eigenvalue weighted by Crippen LogP contribution is 2.34. The molecule has 0 atom stereocenters.